The summed E-state index contributed by atoms with van der Waals surface area (Å²) in [4.78, 5) is 11.9. The highest BCUT2D eigenvalue weighted by molar-refractivity contribution is 7.87. The van der Waals surface area contributed by atoms with Crippen LogP contribution < -0.4 is 10.0 Å². The SMILES string of the molecule is CCC1CCN(S(=O)(=O)NC(=O)NC2CCCCC2)CC1. The maximum absolute atomic E-state index is 12.2. The second-order valence-corrected chi connectivity index (χ2v) is 7.84. The standard InChI is InChI=1S/C14H27N3O3S/c1-2-12-8-10-17(11-9-12)21(19,20)16-14(18)15-13-6-4-3-5-7-13/h12-13H,2-11H2,1H3,(H2,15,16,18). The Hall–Kier alpha value is -0.820. The second-order valence-electron chi connectivity index (χ2n) is 6.17. The first kappa shape index (κ1) is 16.5. The lowest BCUT2D eigenvalue weighted by molar-refractivity contribution is 0.234. The van der Waals surface area contributed by atoms with Crippen molar-refractivity contribution in [3.05, 3.63) is 0 Å². The largest absolute Gasteiger partial charge is 0.335 e. The molecule has 2 amide bonds. The molecule has 0 spiro atoms. The number of hydrogen-bond donors (Lipinski definition) is 2. The first-order valence-corrected chi connectivity index (χ1v) is 9.53. The molecule has 122 valence electrons. The van der Waals surface area contributed by atoms with Gasteiger partial charge in [0.15, 0.2) is 0 Å². The molecule has 0 atom stereocenters. The van der Waals surface area contributed by atoms with E-state index in [1.54, 1.807) is 0 Å². The van der Waals surface area contributed by atoms with Crippen LogP contribution in [0, 0.1) is 5.92 Å². The Labute approximate surface area is 127 Å². The van der Waals surface area contributed by atoms with Crippen molar-refractivity contribution in [1.29, 1.82) is 0 Å². The first-order chi connectivity index (χ1) is 10.0. The smallest absolute Gasteiger partial charge is 0.329 e. The Balaban J connectivity index is 1.81. The van der Waals surface area contributed by atoms with E-state index in [9.17, 15) is 13.2 Å². The number of amides is 2. The zero-order valence-electron chi connectivity index (χ0n) is 12.8. The van der Waals surface area contributed by atoms with Crippen LogP contribution >= 0.6 is 0 Å². The fraction of sp³-hybridized carbons (Fsp3) is 0.929. The molecule has 21 heavy (non-hydrogen) atoms. The van der Waals surface area contributed by atoms with Crippen LogP contribution in [-0.4, -0.2) is 37.9 Å². The third-order valence-electron chi connectivity index (χ3n) is 4.65. The van der Waals surface area contributed by atoms with E-state index in [4.69, 9.17) is 0 Å². The maximum atomic E-state index is 12.2. The molecule has 1 aliphatic heterocycles. The number of rotatable bonds is 4. The van der Waals surface area contributed by atoms with Gasteiger partial charge in [-0.1, -0.05) is 32.6 Å². The molecule has 1 saturated carbocycles. The summed E-state index contributed by atoms with van der Waals surface area (Å²) in [6, 6.07) is -0.473. The van der Waals surface area contributed by atoms with Crippen molar-refractivity contribution >= 4 is 16.2 Å². The van der Waals surface area contributed by atoms with Crippen LogP contribution in [0.1, 0.15) is 58.3 Å². The monoisotopic (exact) mass is 317 g/mol. The van der Waals surface area contributed by atoms with Crippen molar-refractivity contribution in [2.75, 3.05) is 13.1 Å². The molecule has 1 heterocycles. The molecule has 7 heteroatoms. The van der Waals surface area contributed by atoms with Gasteiger partial charge in [0.25, 0.3) is 0 Å². The number of nitrogens with zero attached hydrogens (tertiary/aromatic N) is 1. The van der Waals surface area contributed by atoms with Gasteiger partial charge in [-0.2, -0.15) is 12.7 Å². The van der Waals surface area contributed by atoms with Crippen LogP contribution in [0.2, 0.25) is 0 Å². The van der Waals surface area contributed by atoms with Gasteiger partial charge in [-0.05, 0) is 31.6 Å². The van der Waals surface area contributed by atoms with E-state index in [1.807, 2.05) is 0 Å². The average Bonchev–Trinajstić information content (AvgIpc) is 2.47. The van der Waals surface area contributed by atoms with Gasteiger partial charge in [-0.3, -0.25) is 0 Å². The molecule has 2 N–H and O–H groups in total. The van der Waals surface area contributed by atoms with Crippen LogP contribution in [0.15, 0.2) is 0 Å². The molecule has 0 bridgehead atoms. The van der Waals surface area contributed by atoms with E-state index in [0.29, 0.717) is 19.0 Å². The Morgan fingerprint density at radius 2 is 1.71 bits per heavy atom. The normalized spacial score (nSPS) is 22.9. The van der Waals surface area contributed by atoms with E-state index in [-0.39, 0.29) is 6.04 Å². The lowest BCUT2D eigenvalue weighted by Gasteiger charge is -2.31. The Morgan fingerprint density at radius 1 is 1.10 bits per heavy atom. The molecule has 1 saturated heterocycles. The topological polar surface area (TPSA) is 78.5 Å². The molecule has 0 aromatic rings. The second kappa shape index (κ2) is 7.45. The van der Waals surface area contributed by atoms with Gasteiger partial charge in [0, 0.05) is 19.1 Å². The lowest BCUT2D eigenvalue weighted by Crippen LogP contribution is -2.51. The van der Waals surface area contributed by atoms with Crippen LogP contribution in [0.4, 0.5) is 4.79 Å². The lowest BCUT2D eigenvalue weighted by atomic mass is 9.96. The van der Waals surface area contributed by atoms with E-state index in [1.165, 1.54) is 10.7 Å². The van der Waals surface area contributed by atoms with Crippen LogP contribution in [0.3, 0.4) is 0 Å². The predicted octanol–water partition coefficient (Wildman–Crippen LogP) is 1.99. The van der Waals surface area contributed by atoms with Crippen molar-refractivity contribution in [2.45, 2.75) is 64.3 Å². The number of carbonyl (C=O) groups is 1. The van der Waals surface area contributed by atoms with Gasteiger partial charge >= 0.3 is 16.2 Å². The molecule has 0 radical (unpaired) electrons. The van der Waals surface area contributed by atoms with Gasteiger partial charge in [0.1, 0.15) is 0 Å². The Bertz CT molecular complexity index is 438. The summed E-state index contributed by atoms with van der Waals surface area (Å²) in [5, 5.41) is 2.78. The van der Waals surface area contributed by atoms with Crippen LogP contribution in [-0.2, 0) is 10.2 Å². The maximum Gasteiger partial charge on any atom is 0.329 e. The highest BCUT2D eigenvalue weighted by atomic mass is 32.2. The molecule has 0 aromatic carbocycles. The summed E-state index contributed by atoms with van der Waals surface area (Å²) in [6.07, 6.45) is 8.12. The van der Waals surface area contributed by atoms with Crippen molar-refractivity contribution in [3.63, 3.8) is 0 Å². The fourth-order valence-corrected chi connectivity index (χ4v) is 4.32. The van der Waals surface area contributed by atoms with E-state index in [2.05, 4.69) is 17.0 Å². The highest BCUT2D eigenvalue weighted by Crippen LogP contribution is 2.21. The molecule has 2 aliphatic rings. The summed E-state index contributed by atoms with van der Waals surface area (Å²) < 4.78 is 27.9. The molecule has 0 unspecified atom stereocenters. The molecule has 1 aliphatic carbocycles. The van der Waals surface area contributed by atoms with Crippen molar-refractivity contribution in [1.82, 2.24) is 14.3 Å². The Kier molecular flexibility index (Phi) is 5.87. The quantitative estimate of drug-likeness (QED) is 0.832. The van der Waals surface area contributed by atoms with Crippen LogP contribution in [0.5, 0.6) is 0 Å². The van der Waals surface area contributed by atoms with E-state index >= 15 is 0 Å². The predicted molar refractivity (Wildman–Crippen MR) is 82.0 cm³/mol. The van der Waals surface area contributed by atoms with Gasteiger partial charge in [0.05, 0.1) is 0 Å². The van der Waals surface area contributed by atoms with Crippen molar-refractivity contribution in [2.24, 2.45) is 5.92 Å². The molecule has 6 nitrogen and oxygen atoms in total. The molecular formula is C14H27N3O3S. The third kappa shape index (κ3) is 4.85. The zero-order valence-corrected chi connectivity index (χ0v) is 13.6. The number of carbonyl (C=O) groups excluding carboxylic acids is 1. The molecule has 2 fully saturated rings. The molecule has 2 rings (SSSR count). The fourth-order valence-electron chi connectivity index (χ4n) is 3.20. The zero-order chi connectivity index (χ0) is 15.3. The number of piperidine rings is 1. The number of urea groups is 1. The van der Waals surface area contributed by atoms with E-state index in [0.717, 1.165) is 44.9 Å². The first-order valence-electron chi connectivity index (χ1n) is 8.09. The Morgan fingerprint density at radius 3 is 2.29 bits per heavy atom. The summed E-state index contributed by atoms with van der Waals surface area (Å²) in [7, 11) is -3.69. The van der Waals surface area contributed by atoms with Crippen molar-refractivity contribution < 1.29 is 13.2 Å². The molecular weight excluding hydrogens is 290 g/mol. The summed E-state index contributed by atoms with van der Waals surface area (Å²) in [5.74, 6) is 0.604. The van der Waals surface area contributed by atoms with Gasteiger partial charge in [-0.15, -0.1) is 0 Å². The number of nitrogens with one attached hydrogen (secondary N) is 2. The highest BCUT2D eigenvalue weighted by Gasteiger charge is 2.29. The summed E-state index contributed by atoms with van der Waals surface area (Å²) >= 11 is 0. The summed E-state index contributed by atoms with van der Waals surface area (Å²) in [6.45, 7) is 3.14. The minimum Gasteiger partial charge on any atom is -0.335 e. The third-order valence-corrected chi connectivity index (χ3v) is 6.14. The average molecular weight is 317 g/mol. The van der Waals surface area contributed by atoms with Gasteiger partial charge < -0.3 is 5.32 Å². The minimum atomic E-state index is -3.69. The summed E-state index contributed by atoms with van der Waals surface area (Å²) in [5.41, 5.74) is 0. The van der Waals surface area contributed by atoms with Gasteiger partial charge in [0.2, 0.25) is 0 Å². The van der Waals surface area contributed by atoms with Crippen LogP contribution in [0.25, 0.3) is 0 Å². The van der Waals surface area contributed by atoms with Crippen molar-refractivity contribution in [3.8, 4) is 0 Å². The number of hydrogen-bond acceptors (Lipinski definition) is 3. The minimum absolute atomic E-state index is 0.111. The van der Waals surface area contributed by atoms with E-state index < -0.39 is 16.2 Å². The molecule has 0 aromatic heterocycles. The van der Waals surface area contributed by atoms with Gasteiger partial charge in [-0.25, -0.2) is 9.52 Å².